The highest BCUT2D eigenvalue weighted by Gasteiger charge is 2.76. The van der Waals surface area contributed by atoms with Crippen LogP contribution in [0, 0.1) is 0 Å². The molecule has 0 aromatic heterocycles. The van der Waals surface area contributed by atoms with E-state index in [0.717, 1.165) is 41.5 Å². The van der Waals surface area contributed by atoms with Crippen LogP contribution in [-0.4, -0.2) is 47.9 Å². The maximum Gasteiger partial charge on any atom is 0.453 e. The molecule has 16 heteroatoms. The van der Waals surface area contributed by atoms with E-state index >= 15 is 0 Å². The molecule has 0 aliphatic rings. The van der Waals surface area contributed by atoms with Gasteiger partial charge in [0.15, 0.2) is 0 Å². The molecular weight excluding hydrogens is 460 g/mol. The quantitative estimate of drug-likeness (QED) is 0.370. The molecule has 0 aliphatic carbocycles. The van der Waals surface area contributed by atoms with Crippen LogP contribution in [0.1, 0.15) is 41.5 Å². The minimum atomic E-state index is -6.97. The van der Waals surface area contributed by atoms with E-state index in [4.69, 9.17) is 0 Å². The third-order valence-electron chi connectivity index (χ3n) is 2.40. The van der Waals surface area contributed by atoms with Crippen molar-refractivity contribution >= 4 is 0 Å². The van der Waals surface area contributed by atoms with E-state index in [1.807, 2.05) is 9.47 Å². The van der Waals surface area contributed by atoms with Gasteiger partial charge in [-0.1, -0.05) is 0 Å². The van der Waals surface area contributed by atoms with Crippen molar-refractivity contribution in [3.05, 3.63) is 0 Å². The summed E-state index contributed by atoms with van der Waals surface area (Å²) in [7, 11) is 0. The van der Waals surface area contributed by atoms with Crippen molar-refractivity contribution in [1.82, 2.24) is 0 Å². The summed E-state index contributed by atoms with van der Waals surface area (Å²) in [6.45, 7) is 4.44. The lowest BCUT2D eigenvalue weighted by Crippen LogP contribution is -2.59. The van der Waals surface area contributed by atoms with Crippen molar-refractivity contribution in [2.75, 3.05) is 0 Å². The molecule has 0 saturated heterocycles. The molecular formula is C14H18F12O4. The fraction of sp³-hybridized carbons (Fsp3) is 1.00. The van der Waals surface area contributed by atoms with Crippen LogP contribution < -0.4 is 0 Å². The Morgan fingerprint density at radius 1 is 0.300 bits per heavy atom. The van der Waals surface area contributed by atoms with Gasteiger partial charge >= 0.3 is 36.7 Å². The smallest absolute Gasteiger partial charge is 0.308 e. The van der Waals surface area contributed by atoms with Crippen molar-refractivity contribution in [2.45, 2.75) is 89.4 Å². The summed E-state index contributed by atoms with van der Waals surface area (Å²) in [6.07, 6.45) is -39.0. The number of hydrogen-bond donors (Lipinski definition) is 0. The number of halogens is 12. The van der Waals surface area contributed by atoms with Crippen LogP contribution in [-0.2, 0) is 18.9 Å². The molecule has 0 rings (SSSR count). The van der Waals surface area contributed by atoms with Gasteiger partial charge in [-0.15, -0.1) is 0 Å². The van der Waals surface area contributed by atoms with Crippen LogP contribution in [0.2, 0.25) is 0 Å². The lowest BCUT2D eigenvalue weighted by Gasteiger charge is -2.37. The Morgan fingerprint density at radius 3 is 0.567 bits per heavy atom. The molecule has 0 unspecified atom stereocenters. The summed E-state index contributed by atoms with van der Waals surface area (Å²) in [5.41, 5.74) is -4.30. The minimum Gasteiger partial charge on any atom is -0.308 e. The predicted octanol–water partition coefficient (Wildman–Crippen LogP) is 6.21. The van der Waals surface area contributed by atoms with Crippen molar-refractivity contribution < 1.29 is 71.6 Å². The normalized spacial score (nSPS) is 16.2. The van der Waals surface area contributed by atoms with Gasteiger partial charge in [-0.2, -0.15) is 52.7 Å². The lowest BCUT2D eigenvalue weighted by molar-refractivity contribution is -0.568. The zero-order valence-electron chi connectivity index (χ0n) is 16.2. The Morgan fingerprint density at radius 2 is 0.433 bits per heavy atom. The van der Waals surface area contributed by atoms with Gasteiger partial charge in [-0.05, 0) is 41.5 Å². The SMILES string of the molecule is CC(C)(C)OC(F)(F)C(F)(F)OC(F)(F)C(F)(F)OC(F)(F)C(F)(F)OC(C)(C)C. The Kier molecular flexibility index (Phi) is 7.59. The monoisotopic (exact) mass is 478 g/mol. The molecule has 0 radical (unpaired) electrons. The molecule has 0 saturated carbocycles. The van der Waals surface area contributed by atoms with E-state index in [9.17, 15) is 52.7 Å². The number of ether oxygens (including phenoxy) is 4. The maximum atomic E-state index is 13.3. The third-order valence-corrected chi connectivity index (χ3v) is 2.40. The molecule has 0 spiro atoms. The largest absolute Gasteiger partial charge is 0.453 e. The Bertz CT molecular complexity index is 541. The summed E-state index contributed by atoms with van der Waals surface area (Å²) in [5.74, 6) is 0. The fourth-order valence-electron chi connectivity index (χ4n) is 1.45. The van der Waals surface area contributed by atoms with Gasteiger partial charge in [-0.25, -0.2) is 9.47 Å². The minimum absolute atomic E-state index is 0.741. The summed E-state index contributed by atoms with van der Waals surface area (Å²) in [5, 5.41) is 0. The van der Waals surface area contributed by atoms with Crippen LogP contribution in [0.4, 0.5) is 52.7 Å². The van der Waals surface area contributed by atoms with Gasteiger partial charge in [0, 0.05) is 0 Å². The van der Waals surface area contributed by atoms with Crippen LogP contribution in [0.5, 0.6) is 0 Å². The number of hydrogen-bond acceptors (Lipinski definition) is 4. The van der Waals surface area contributed by atoms with Gasteiger partial charge in [0.2, 0.25) is 0 Å². The molecule has 0 amide bonds. The molecule has 0 N–H and O–H groups in total. The van der Waals surface area contributed by atoms with Gasteiger partial charge in [0.05, 0.1) is 11.2 Å². The predicted molar refractivity (Wildman–Crippen MR) is 73.5 cm³/mol. The third kappa shape index (κ3) is 7.30. The molecule has 0 aromatic rings. The number of alkyl halides is 12. The molecule has 0 bridgehead atoms. The van der Waals surface area contributed by atoms with E-state index in [1.165, 1.54) is 0 Å². The first-order valence-electron chi connectivity index (χ1n) is 7.65. The fourth-order valence-corrected chi connectivity index (χ4v) is 1.45. The summed E-state index contributed by atoms with van der Waals surface area (Å²) >= 11 is 0. The molecule has 0 atom stereocenters. The average Bonchev–Trinajstić information content (AvgIpc) is 2.28. The summed E-state index contributed by atoms with van der Waals surface area (Å²) < 4.78 is 171. The van der Waals surface area contributed by atoms with Crippen LogP contribution in [0.3, 0.4) is 0 Å². The first-order chi connectivity index (χ1) is 12.6. The average molecular weight is 478 g/mol. The van der Waals surface area contributed by atoms with Gasteiger partial charge in [0.1, 0.15) is 0 Å². The van der Waals surface area contributed by atoms with Crippen molar-refractivity contribution in [3.8, 4) is 0 Å². The summed E-state index contributed by atoms with van der Waals surface area (Å²) in [4.78, 5) is 0. The van der Waals surface area contributed by atoms with Crippen LogP contribution >= 0.6 is 0 Å². The van der Waals surface area contributed by atoms with Gasteiger partial charge in [-0.3, -0.25) is 0 Å². The molecule has 0 heterocycles. The Hall–Kier alpha value is -1.00. The second-order valence-corrected chi connectivity index (χ2v) is 7.73. The number of rotatable bonds is 9. The van der Waals surface area contributed by atoms with Crippen LogP contribution in [0.15, 0.2) is 0 Å². The second kappa shape index (κ2) is 7.85. The topological polar surface area (TPSA) is 36.9 Å². The van der Waals surface area contributed by atoms with Crippen molar-refractivity contribution in [3.63, 3.8) is 0 Å². The van der Waals surface area contributed by atoms with E-state index in [1.54, 1.807) is 0 Å². The molecule has 30 heavy (non-hydrogen) atoms. The maximum absolute atomic E-state index is 13.3. The molecule has 182 valence electrons. The first kappa shape index (κ1) is 29.0. The van der Waals surface area contributed by atoms with Crippen LogP contribution in [0.25, 0.3) is 0 Å². The molecule has 0 aliphatic heterocycles. The van der Waals surface area contributed by atoms with E-state index in [-0.39, 0.29) is 0 Å². The summed E-state index contributed by atoms with van der Waals surface area (Å²) in [6, 6.07) is 0. The lowest BCUT2D eigenvalue weighted by atomic mass is 10.2. The van der Waals surface area contributed by atoms with Crippen molar-refractivity contribution in [2.24, 2.45) is 0 Å². The van der Waals surface area contributed by atoms with Crippen molar-refractivity contribution in [1.29, 1.82) is 0 Å². The second-order valence-electron chi connectivity index (χ2n) is 7.73. The highest BCUT2D eigenvalue weighted by molar-refractivity contribution is 4.80. The standard InChI is InChI=1S/C14H18F12O4/c1-7(2,3)27-9(15,16)11(19,20)29-13(23,24)14(25,26)30-12(21,22)10(17,18)28-8(4,5)6/h1-6H3. The first-order valence-corrected chi connectivity index (χ1v) is 7.65. The highest BCUT2D eigenvalue weighted by Crippen LogP contribution is 2.50. The molecule has 0 fully saturated rings. The van der Waals surface area contributed by atoms with Gasteiger partial charge < -0.3 is 9.47 Å². The van der Waals surface area contributed by atoms with E-state index in [2.05, 4.69) is 9.47 Å². The zero-order valence-corrected chi connectivity index (χ0v) is 16.2. The van der Waals surface area contributed by atoms with E-state index < -0.39 is 47.9 Å². The molecule has 4 nitrogen and oxygen atoms in total. The zero-order chi connectivity index (χ0) is 24.8. The Balaban J connectivity index is 5.77. The Labute approximate surface area is 162 Å². The molecule has 0 aromatic carbocycles. The highest BCUT2D eigenvalue weighted by atomic mass is 19.4. The van der Waals surface area contributed by atoms with Gasteiger partial charge in [0.25, 0.3) is 0 Å². The van der Waals surface area contributed by atoms with E-state index in [0.29, 0.717) is 0 Å².